The Balaban J connectivity index is 2.28. The molecular weight excluding hydrogens is 441 g/mol. The maximum absolute atomic E-state index is 14.7. The second-order valence-corrected chi connectivity index (χ2v) is 7.27. The maximum atomic E-state index is 14.7. The molecule has 0 bridgehead atoms. The van der Waals surface area contributed by atoms with Crippen molar-refractivity contribution in [2.45, 2.75) is 25.9 Å². The van der Waals surface area contributed by atoms with E-state index in [2.05, 4.69) is 0 Å². The van der Waals surface area contributed by atoms with Crippen LogP contribution in [0.3, 0.4) is 0 Å². The highest BCUT2D eigenvalue weighted by Crippen LogP contribution is 2.32. The zero-order chi connectivity index (χ0) is 22.3. The Morgan fingerprint density at radius 1 is 1.00 bits per heavy atom. The zero-order valence-electron chi connectivity index (χ0n) is 16.5. The summed E-state index contributed by atoms with van der Waals surface area (Å²) in [4.78, 5) is 13.1. The molecule has 0 fully saturated rings. The number of benzene rings is 2. The summed E-state index contributed by atoms with van der Waals surface area (Å²) >= 11 is 11.9. The largest absolute Gasteiger partial charge is 0.492 e. The molecule has 10 heteroatoms. The fourth-order valence-corrected chi connectivity index (χ4v) is 3.43. The lowest BCUT2D eigenvalue weighted by Gasteiger charge is -2.24. The van der Waals surface area contributed by atoms with Crippen LogP contribution in [0.15, 0.2) is 24.3 Å². The Hall–Kier alpha value is -2.13. The summed E-state index contributed by atoms with van der Waals surface area (Å²) in [5.74, 6) is -1.93. The number of hydrogen-bond acceptors (Lipinski definition) is 5. The highest BCUT2D eigenvalue weighted by atomic mass is 35.5. The van der Waals surface area contributed by atoms with Crippen LogP contribution in [0.25, 0.3) is 0 Å². The van der Waals surface area contributed by atoms with E-state index in [0.717, 1.165) is 0 Å². The summed E-state index contributed by atoms with van der Waals surface area (Å²) in [5.41, 5.74) is 2.15. The van der Waals surface area contributed by atoms with Crippen LogP contribution < -0.4 is 15.0 Å². The highest BCUT2D eigenvalue weighted by molar-refractivity contribution is 6.32. The summed E-state index contributed by atoms with van der Waals surface area (Å²) in [7, 11) is 2.63. The molecule has 2 aromatic rings. The van der Waals surface area contributed by atoms with Crippen molar-refractivity contribution >= 4 is 29.1 Å². The zero-order valence-corrected chi connectivity index (χ0v) is 18.0. The Kier molecular flexibility index (Phi) is 9.10. The van der Waals surface area contributed by atoms with Crippen molar-refractivity contribution in [2.75, 3.05) is 20.8 Å². The van der Waals surface area contributed by atoms with E-state index >= 15 is 0 Å². The molecule has 2 aromatic carbocycles. The van der Waals surface area contributed by atoms with Crippen molar-refractivity contribution in [3.05, 3.63) is 57.1 Å². The first-order chi connectivity index (χ1) is 14.3. The Labute approximate surface area is 183 Å². The van der Waals surface area contributed by atoms with Crippen LogP contribution in [0.4, 0.5) is 8.78 Å². The molecule has 0 aromatic heterocycles. The number of hydrogen-bond donors (Lipinski definition) is 2. The maximum Gasteiger partial charge on any atom is 0.243 e. The van der Waals surface area contributed by atoms with Gasteiger partial charge in [0, 0.05) is 30.6 Å². The molecule has 0 heterocycles. The van der Waals surface area contributed by atoms with Crippen LogP contribution in [0.5, 0.6) is 11.5 Å². The van der Waals surface area contributed by atoms with E-state index in [9.17, 15) is 13.6 Å². The molecule has 0 unspecified atom stereocenters. The summed E-state index contributed by atoms with van der Waals surface area (Å²) in [5, 5.41) is 8.92. The average molecular weight is 463 g/mol. The average Bonchev–Trinajstić information content (AvgIpc) is 2.72. The van der Waals surface area contributed by atoms with Gasteiger partial charge in [0.25, 0.3) is 0 Å². The number of carbonyl (C=O) groups excluding carboxylic acids is 1. The van der Waals surface area contributed by atoms with E-state index in [1.54, 1.807) is 10.4 Å². The van der Waals surface area contributed by atoms with Crippen LogP contribution in [-0.4, -0.2) is 36.8 Å². The van der Waals surface area contributed by atoms with Gasteiger partial charge in [0.2, 0.25) is 5.91 Å². The normalized spacial score (nSPS) is 10.9. The van der Waals surface area contributed by atoms with Gasteiger partial charge in [-0.25, -0.2) is 14.3 Å². The molecule has 0 saturated carbocycles. The van der Waals surface area contributed by atoms with Crippen molar-refractivity contribution < 1.29 is 28.3 Å². The number of nitrogens with one attached hydrogen (secondary N) is 1. The van der Waals surface area contributed by atoms with Gasteiger partial charge in [0.05, 0.1) is 24.3 Å². The van der Waals surface area contributed by atoms with Crippen LogP contribution in [0.2, 0.25) is 10.0 Å². The summed E-state index contributed by atoms with van der Waals surface area (Å²) in [6.07, 6.45) is 0.400. The minimum Gasteiger partial charge on any atom is -0.492 e. The van der Waals surface area contributed by atoms with E-state index in [4.69, 9.17) is 37.9 Å². The molecule has 0 atom stereocenters. The van der Waals surface area contributed by atoms with Gasteiger partial charge in [-0.3, -0.25) is 14.9 Å². The monoisotopic (exact) mass is 462 g/mol. The van der Waals surface area contributed by atoms with Crippen LogP contribution in [-0.2, 0) is 17.9 Å². The smallest absolute Gasteiger partial charge is 0.243 e. The second kappa shape index (κ2) is 11.3. The molecule has 0 aliphatic rings. The topological polar surface area (TPSA) is 71.0 Å². The van der Waals surface area contributed by atoms with Gasteiger partial charge in [0.15, 0.2) is 23.1 Å². The third kappa shape index (κ3) is 5.95. The van der Waals surface area contributed by atoms with Crippen molar-refractivity contribution in [1.82, 2.24) is 10.4 Å². The number of nitrogens with zero attached hydrogens (tertiary/aromatic N) is 1. The van der Waals surface area contributed by atoms with Gasteiger partial charge < -0.3 is 9.47 Å². The lowest BCUT2D eigenvalue weighted by atomic mass is 10.1. The van der Waals surface area contributed by atoms with Gasteiger partial charge in [-0.15, -0.1) is 0 Å². The van der Waals surface area contributed by atoms with Gasteiger partial charge in [-0.05, 0) is 25.1 Å². The number of ether oxygens (including phenoxy) is 2. The Bertz CT molecular complexity index is 838. The molecule has 0 saturated heterocycles. The van der Waals surface area contributed by atoms with E-state index < -0.39 is 17.5 Å². The summed E-state index contributed by atoms with van der Waals surface area (Å²) in [6.45, 7) is 0.525. The summed E-state index contributed by atoms with van der Waals surface area (Å²) < 4.78 is 39.5. The third-order valence-corrected chi connectivity index (χ3v) is 5.05. The minimum atomic E-state index is -0.614. The van der Waals surface area contributed by atoms with Crippen LogP contribution in [0, 0.1) is 11.6 Å². The Morgan fingerprint density at radius 3 is 1.87 bits per heavy atom. The van der Waals surface area contributed by atoms with Crippen molar-refractivity contribution in [2.24, 2.45) is 0 Å². The molecule has 30 heavy (non-hydrogen) atoms. The first-order valence-electron chi connectivity index (χ1n) is 8.99. The summed E-state index contributed by atoms with van der Waals surface area (Å²) in [6, 6.07) is 6.07. The lowest BCUT2D eigenvalue weighted by molar-refractivity contribution is -0.129. The lowest BCUT2D eigenvalue weighted by Crippen LogP contribution is -2.27. The van der Waals surface area contributed by atoms with E-state index in [1.165, 1.54) is 38.5 Å². The molecule has 0 radical (unpaired) electrons. The predicted octanol–water partition coefficient (Wildman–Crippen LogP) is 4.58. The van der Waals surface area contributed by atoms with Gasteiger partial charge in [0.1, 0.15) is 0 Å². The molecule has 0 aliphatic heterocycles. The fourth-order valence-electron chi connectivity index (χ4n) is 2.98. The fraction of sp³-hybridized carbons (Fsp3) is 0.350. The van der Waals surface area contributed by atoms with E-state index in [-0.39, 0.29) is 41.1 Å². The molecule has 0 spiro atoms. The molecule has 0 aliphatic carbocycles. The highest BCUT2D eigenvalue weighted by Gasteiger charge is 2.19. The number of methoxy groups -OCH3 is 2. The number of hydroxylamine groups is 1. The first-order valence-corrected chi connectivity index (χ1v) is 9.75. The number of amides is 1. The third-order valence-electron chi connectivity index (χ3n) is 4.46. The molecular formula is C20H22Cl2F2N2O4. The molecule has 2 rings (SSSR count). The van der Waals surface area contributed by atoms with Crippen molar-refractivity contribution in [3.8, 4) is 11.5 Å². The van der Waals surface area contributed by atoms with Crippen molar-refractivity contribution in [1.29, 1.82) is 0 Å². The van der Waals surface area contributed by atoms with Crippen LogP contribution >= 0.6 is 23.2 Å². The number of halogens is 4. The van der Waals surface area contributed by atoms with Gasteiger partial charge >= 0.3 is 0 Å². The Morgan fingerprint density at radius 2 is 1.47 bits per heavy atom. The van der Waals surface area contributed by atoms with Gasteiger partial charge in [-0.2, -0.15) is 0 Å². The predicted molar refractivity (Wildman–Crippen MR) is 109 cm³/mol. The minimum absolute atomic E-state index is 0.0475. The van der Waals surface area contributed by atoms with E-state index in [1.807, 2.05) is 0 Å². The molecule has 164 valence electrons. The quantitative estimate of drug-likeness (QED) is 0.399. The van der Waals surface area contributed by atoms with Gasteiger partial charge in [-0.1, -0.05) is 35.3 Å². The first kappa shape index (κ1) is 24.1. The number of carbonyl (C=O) groups is 1. The SMILES string of the molecule is COc1c(Cl)ccc(CN(CCCC(=O)NO)Cc2ccc(Cl)c(OC)c2F)c1F. The van der Waals surface area contributed by atoms with Crippen molar-refractivity contribution in [3.63, 3.8) is 0 Å². The standard InChI is InChI=1S/C20H22Cl2F2N2O4/c1-29-19-14(21)7-5-12(17(19)23)10-26(9-3-4-16(27)25-28)11-13-6-8-15(22)20(30-2)18(13)24/h5-8,28H,3-4,9-11H2,1-2H3,(H,25,27). The second-order valence-electron chi connectivity index (χ2n) is 6.46. The number of rotatable bonds is 10. The molecule has 2 N–H and O–H groups in total. The molecule has 1 amide bonds. The van der Waals surface area contributed by atoms with E-state index in [0.29, 0.717) is 24.1 Å². The molecule has 6 nitrogen and oxygen atoms in total. The van der Waals surface area contributed by atoms with Crippen LogP contribution in [0.1, 0.15) is 24.0 Å².